The summed E-state index contributed by atoms with van der Waals surface area (Å²) in [5.74, 6) is 0.708. The minimum absolute atomic E-state index is 0.0213. The summed E-state index contributed by atoms with van der Waals surface area (Å²) in [6.45, 7) is 1.07. The molecule has 1 aromatic carbocycles. The van der Waals surface area contributed by atoms with E-state index in [0.717, 1.165) is 17.1 Å². The Morgan fingerprint density at radius 2 is 2.12 bits per heavy atom. The number of fused-ring (bicyclic) bond motifs is 1. The summed E-state index contributed by atoms with van der Waals surface area (Å²) in [5, 5.41) is 4.26. The molecular formula is C14H18ClNO. The van der Waals surface area contributed by atoms with Gasteiger partial charge in [0.25, 0.3) is 0 Å². The predicted molar refractivity (Wildman–Crippen MR) is 69.0 cm³/mol. The molecule has 1 N–H and O–H groups in total. The molecule has 1 saturated heterocycles. The van der Waals surface area contributed by atoms with E-state index in [2.05, 4.69) is 11.4 Å². The van der Waals surface area contributed by atoms with Crippen LogP contribution in [0.1, 0.15) is 37.5 Å². The fourth-order valence-corrected chi connectivity index (χ4v) is 3.13. The van der Waals surface area contributed by atoms with E-state index in [9.17, 15) is 0 Å². The molecule has 17 heavy (non-hydrogen) atoms. The summed E-state index contributed by atoms with van der Waals surface area (Å²) in [7, 11) is 0. The van der Waals surface area contributed by atoms with E-state index < -0.39 is 0 Å². The van der Waals surface area contributed by atoms with Crippen LogP contribution in [0.2, 0.25) is 5.02 Å². The molecule has 1 aliphatic heterocycles. The number of benzene rings is 1. The second-order valence-corrected chi connectivity index (χ2v) is 5.50. The molecule has 1 aromatic rings. The van der Waals surface area contributed by atoms with Gasteiger partial charge in [0, 0.05) is 11.6 Å². The van der Waals surface area contributed by atoms with Crippen molar-refractivity contribution in [1.82, 2.24) is 5.32 Å². The third-order valence-corrected chi connectivity index (χ3v) is 4.10. The zero-order valence-corrected chi connectivity index (χ0v) is 10.6. The summed E-state index contributed by atoms with van der Waals surface area (Å²) >= 11 is 6.02. The van der Waals surface area contributed by atoms with Crippen molar-refractivity contribution >= 4 is 11.6 Å². The molecule has 0 amide bonds. The lowest BCUT2D eigenvalue weighted by molar-refractivity contribution is -0.109. The van der Waals surface area contributed by atoms with Gasteiger partial charge in [-0.1, -0.05) is 36.6 Å². The average molecular weight is 252 g/mol. The van der Waals surface area contributed by atoms with Crippen molar-refractivity contribution in [2.45, 2.75) is 38.0 Å². The van der Waals surface area contributed by atoms with Gasteiger partial charge in [0.2, 0.25) is 0 Å². The molecule has 0 spiro atoms. The van der Waals surface area contributed by atoms with E-state index >= 15 is 0 Å². The highest BCUT2D eigenvalue weighted by molar-refractivity contribution is 6.30. The fraction of sp³-hybridized carbons (Fsp3) is 0.571. The maximum absolute atomic E-state index is 6.16. The fourth-order valence-electron chi connectivity index (χ4n) is 2.93. The van der Waals surface area contributed by atoms with E-state index in [1.165, 1.54) is 25.7 Å². The van der Waals surface area contributed by atoms with Crippen LogP contribution in [-0.4, -0.2) is 12.6 Å². The molecule has 0 bridgehead atoms. The molecule has 3 rings (SSSR count). The van der Waals surface area contributed by atoms with Gasteiger partial charge in [-0.2, -0.15) is 0 Å². The first kappa shape index (κ1) is 11.5. The minimum atomic E-state index is 0.0213. The van der Waals surface area contributed by atoms with Crippen LogP contribution >= 0.6 is 11.6 Å². The van der Waals surface area contributed by atoms with Gasteiger partial charge in [-0.05, 0) is 36.5 Å². The quantitative estimate of drug-likeness (QED) is 0.825. The second-order valence-electron chi connectivity index (χ2n) is 5.06. The van der Waals surface area contributed by atoms with Gasteiger partial charge in [-0.15, -0.1) is 0 Å². The SMILES string of the molecule is Clc1cccc(C2NC[C@H]3CCCC[C@@H]3O2)c1. The number of ether oxygens (including phenoxy) is 1. The Hall–Kier alpha value is -0.570. The smallest absolute Gasteiger partial charge is 0.134 e. The molecule has 3 atom stereocenters. The van der Waals surface area contributed by atoms with E-state index in [1.54, 1.807) is 0 Å². The van der Waals surface area contributed by atoms with Crippen LogP contribution in [0, 0.1) is 5.92 Å². The molecule has 1 aliphatic carbocycles. The zero-order valence-electron chi connectivity index (χ0n) is 9.86. The van der Waals surface area contributed by atoms with Gasteiger partial charge < -0.3 is 4.74 Å². The molecule has 1 unspecified atom stereocenters. The Morgan fingerprint density at radius 3 is 3.00 bits per heavy atom. The molecule has 2 nitrogen and oxygen atoms in total. The predicted octanol–water partition coefficient (Wildman–Crippen LogP) is 3.52. The Morgan fingerprint density at radius 1 is 1.24 bits per heavy atom. The monoisotopic (exact) mass is 251 g/mol. The second kappa shape index (κ2) is 4.97. The summed E-state index contributed by atoms with van der Waals surface area (Å²) in [6, 6.07) is 7.95. The molecule has 0 aromatic heterocycles. The minimum Gasteiger partial charge on any atom is -0.356 e. The van der Waals surface area contributed by atoms with Crippen LogP contribution < -0.4 is 5.32 Å². The van der Waals surface area contributed by atoms with Crippen LogP contribution in [0.5, 0.6) is 0 Å². The van der Waals surface area contributed by atoms with Gasteiger partial charge in [0.1, 0.15) is 6.23 Å². The Labute approximate surface area is 107 Å². The lowest BCUT2D eigenvalue weighted by Crippen LogP contribution is -2.45. The van der Waals surface area contributed by atoms with Gasteiger partial charge in [0.15, 0.2) is 0 Å². The molecule has 92 valence electrons. The first-order chi connectivity index (χ1) is 8.33. The maximum atomic E-state index is 6.16. The van der Waals surface area contributed by atoms with E-state index in [4.69, 9.17) is 16.3 Å². The molecule has 1 heterocycles. The van der Waals surface area contributed by atoms with Crippen molar-refractivity contribution in [3.05, 3.63) is 34.9 Å². The van der Waals surface area contributed by atoms with E-state index in [-0.39, 0.29) is 6.23 Å². The Balaban J connectivity index is 1.73. The topological polar surface area (TPSA) is 21.3 Å². The molecule has 3 heteroatoms. The molecule has 2 aliphatic rings. The number of rotatable bonds is 1. The lowest BCUT2D eigenvalue weighted by atomic mass is 9.85. The van der Waals surface area contributed by atoms with Crippen molar-refractivity contribution in [2.75, 3.05) is 6.54 Å². The number of hydrogen-bond donors (Lipinski definition) is 1. The number of nitrogens with one attached hydrogen (secondary N) is 1. The molecule has 0 radical (unpaired) electrons. The number of hydrogen-bond acceptors (Lipinski definition) is 2. The van der Waals surface area contributed by atoms with Gasteiger partial charge >= 0.3 is 0 Å². The largest absolute Gasteiger partial charge is 0.356 e. The Kier molecular flexibility index (Phi) is 3.37. The normalized spacial score (nSPS) is 33.1. The van der Waals surface area contributed by atoms with E-state index in [1.807, 2.05) is 18.2 Å². The Bertz CT molecular complexity index is 396. The highest BCUT2D eigenvalue weighted by atomic mass is 35.5. The average Bonchev–Trinajstić information content (AvgIpc) is 2.38. The molecular weight excluding hydrogens is 234 g/mol. The van der Waals surface area contributed by atoms with Crippen molar-refractivity contribution in [3.63, 3.8) is 0 Å². The van der Waals surface area contributed by atoms with Gasteiger partial charge in [-0.3, -0.25) is 5.32 Å². The van der Waals surface area contributed by atoms with Crippen LogP contribution in [0.25, 0.3) is 0 Å². The molecule has 1 saturated carbocycles. The van der Waals surface area contributed by atoms with Gasteiger partial charge in [-0.25, -0.2) is 0 Å². The third kappa shape index (κ3) is 2.49. The van der Waals surface area contributed by atoms with Crippen molar-refractivity contribution < 1.29 is 4.74 Å². The first-order valence-electron chi connectivity index (χ1n) is 6.47. The summed E-state index contributed by atoms with van der Waals surface area (Å²) in [5.41, 5.74) is 1.14. The van der Waals surface area contributed by atoms with Crippen LogP contribution in [0.4, 0.5) is 0 Å². The van der Waals surface area contributed by atoms with E-state index in [0.29, 0.717) is 12.0 Å². The molecule has 2 fully saturated rings. The summed E-state index contributed by atoms with van der Waals surface area (Å²) < 4.78 is 6.16. The lowest BCUT2D eigenvalue weighted by Gasteiger charge is -2.40. The zero-order chi connectivity index (χ0) is 11.7. The highest BCUT2D eigenvalue weighted by Gasteiger charge is 2.33. The van der Waals surface area contributed by atoms with Crippen molar-refractivity contribution in [1.29, 1.82) is 0 Å². The summed E-state index contributed by atoms with van der Waals surface area (Å²) in [6.07, 6.45) is 5.64. The third-order valence-electron chi connectivity index (χ3n) is 3.87. The highest BCUT2D eigenvalue weighted by Crippen LogP contribution is 2.34. The summed E-state index contributed by atoms with van der Waals surface area (Å²) in [4.78, 5) is 0. The first-order valence-corrected chi connectivity index (χ1v) is 6.85. The number of halogens is 1. The standard InChI is InChI=1S/C14H18ClNO/c15-12-6-3-5-10(8-12)14-16-9-11-4-1-2-7-13(11)17-14/h3,5-6,8,11,13-14,16H,1-2,4,7,9H2/t11-,13+,14?/m1/s1. The van der Waals surface area contributed by atoms with Crippen LogP contribution in [0.3, 0.4) is 0 Å². The van der Waals surface area contributed by atoms with Gasteiger partial charge in [0.05, 0.1) is 6.10 Å². The van der Waals surface area contributed by atoms with Crippen molar-refractivity contribution in [3.8, 4) is 0 Å². The van der Waals surface area contributed by atoms with Crippen LogP contribution in [0.15, 0.2) is 24.3 Å². The maximum Gasteiger partial charge on any atom is 0.134 e. The van der Waals surface area contributed by atoms with Crippen molar-refractivity contribution in [2.24, 2.45) is 5.92 Å². The van der Waals surface area contributed by atoms with Crippen LogP contribution in [-0.2, 0) is 4.74 Å².